The number of alkyl halides is 6. The van der Waals surface area contributed by atoms with E-state index < -0.39 is 40.8 Å². The van der Waals surface area contributed by atoms with Crippen LogP contribution in [0.25, 0.3) is 11.4 Å². The highest BCUT2D eigenvalue weighted by Crippen LogP contribution is 2.41. The summed E-state index contributed by atoms with van der Waals surface area (Å²) in [5.74, 6) is -3.77. The summed E-state index contributed by atoms with van der Waals surface area (Å²) in [6.07, 6.45) is -4.58. The van der Waals surface area contributed by atoms with E-state index in [0.717, 1.165) is 18.2 Å². The average Bonchev–Trinajstić information content (AvgIpc) is 2.94. The first-order valence-electron chi connectivity index (χ1n) is 13.8. The zero-order valence-corrected chi connectivity index (χ0v) is 26.4. The highest BCUT2D eigenvalue weighted by molar-refractivity contribution is 6.31. The lowest BCUT2D eigenvalue weighted by atomic mass is 9.89. The van der Waals surface area contributed by atoms with Crippen LogP contribution in [-0.4, -0.2) is 6.18 Å². The van der Waals surface area contributed by atoms with E-state index >= 15 is 4.39 Å². The number of hydrogen-bond acceptors (Lipinski definition) is 1. The molecule has 43 heavy (non-hydrogen) atoms. The summed E-state index contributed by atoms with van der Waals surface area (Å²) >= 11 is 6.06. The van der Waals surface area contributed by atoms with E-state index in [1.807, 2.05) is 27.7 Å². The normalized spacial score (nSPS) is 12.9. The highest BCUT2D eigenvalue weighted by atomic mass is 35.5. The lowest BCUT2D eigenvalue weighted by Gasteiger charge is -2.21. The molecule has 0 aromatic heterocycles. The van der Waals surface area contributed by atoms with Crippen LogP contribution in [0.3, 0.4) is 0 Å². The van der Waals surface area contributed by atoms with Gasteiger partial charge in [0.2, 0.25) is 0 Å². The Morgan fingerprint density at radius 2 is 1.44 bits per heavy atom. The fraction of sp³-hybridized carbons (Fsp3) is 0.353. The Labute approximate surface area is 255 Å². The maximum Gasteiger partial charge on any atom is 0.399 e. The third kappa shape index (κ3) is 9.70. The van der Waals surface area contributed by atoms with Crippen molar-refractivity contribution in [3.8, 4) is 0 Å². The molecule has 0 fully saturated rings. The van der Waals surface area contributed by atoms with Gasteiger partial charge in [0.05, 0.1) is 0 Å². The standard InChI is InChI=1S/C30H27ClF7N.2C2H6/c1-16-11-21(14-26(31)17(16)2)24(29(34,35)36)15-27(32)20-9-10-23(25(13-20)30(37,38)39)18(3)19-7-6-8-22(12-19)28(4,5)33;2*1-2/h6-15,24H,3,39H2,1-2,4-5H3;2*1-2H3/b27-15-;;. The predicted molar refractivity (Wildman–Crippen MR) is 165 cm³/mol. The zero-order valence-electron chi connectivity index (χ0n) is 25.7. The Bertz CT molecular complexity index is 1400. The van der Waals surface area contributed by atoms with Gasteiger partial charge in [0.25, 0.3) is 0 Å². The lowest BCUT2D eigenvalue weighted by molar-refractivity contribution is -0.139. The predicted octanol–water partition coefficient (Wildman–Crippen LogP) is 11.9. The zero-order chi connectivity index (χ0) is 33.5. The minimum atomic E-state index is -4.90. The number of rotatable bonds is 7. The number of allylic oxidation sites excluding steroid dienone is 1. The Balaban J connectivity index is 0.00000221. The molecule has 0 spiro atoms. The van der Waals surface area contributed by atoms with Gasteiger partial charge in [-0.15, -0.1) is 0 Å². The third-order valence-corrected chi connectivity index (χ3v) is 6.92. The Morgan fingerprint density at radius 1 is 0.860 bits per heavy atom. The molecule has 3 rings (SSSR count). The summed E-state index contributed by atoms with van der Waals surface area (Å²) in [6.45, 7) is 17.7. The van der Waals surface area contributed by atoms with Crippen LogP contribution < -0.4 is 5.73 Å². The number of nitrogens with two attached hydrogens (primary N) is 1. The van der Waals surface area contributed by atoms with Crippen LogP contribution in [-0.2, 0) is 11.7 Å². The molecular formula is C34H39ClF7N. The van der Waals surface area contributed by atoms with E-state index in [0.29, 0.717) is 28.8 Å². The number of benzene rings is 3. The van der Waals surface area contributed by atoms with Gasteiger partial charge >= 0.3 is 12.2 Å². The fourth-order valence-electron chi connectivity index (χ4n) is 4.11. The van der Waals surface area contributed by atoms with Gasteiger partial charge in [0, 0.05) is 16.1 Å². The second-order valence-electron chi connectivity index (χ2n) is 9.89. The largest absolute Gasteiger partial charge is 0.399 e. The maximum atomic E-state index is 15.3. The highest BCUT2D eigenvalue weighted by Gasteiger charge is 2.40. The van der Waals surface area contributed by atoms with Crippen molar-refractivity contribution in [1.82, 2.24) is 0 Å². The summed E-state index contributed by atoms with van der Waals surface area (Å²) in [5.41, 5.74) is 3.22. The first-order chi connectivity index (χ1) is 19.8. The van der Waals surface area contributed by atoms with E-state index in [2.05, 4.69) is 6.58 Å². The quantitative estimate of drug-likeness (QED) is 0.204. The smallest absolute Gasteiger partial charge is 0.268 e. The van der Waals surface area contributed by atoms with Crippen LogP contribution in [0.1, 0.15) is 92.0 Å². The summed E-state index contributed by atoms with van der Waals surface area (Å²) in [5, 5.41) is 0.0844. The number of halogens is 8. The molecule has 3 aromatic carbocycles. The average molecular weight is 630 g/mol. The molecule has 0 bridgehead atoms. The monoisotopic (exact) mass is 629 g/mol. The van der Waals surface area contributed by atoms with Crippen molar-refractivity contribution in [2.45, 2.75) is 79.2 Å². The molecule has 1 unspecified atom stereocenters. The minimum Gasteiger partial charge on any atom is -0.268 e. The van der Waals surface area contributed by atoms with Crippen molar-refractivity contribution in [3.05, 3.63) is 117 Å². The van der Waals surface area contributed by atoms with Gasteiger partial charge in [-0.05, 0) is 90.9 Å². The van der Waals surface area contributed by atoms with Crippen molar-refractivity contribution < 1.29 is 30.7 Å². The second-order valence-corrected chi connectivity index (χ2v) is 10.3. The molecule has 1 nitrogen and oxygen atoms in total. The van der Waals surface area contributed by atoms with Crippen molar-refractivity contribution in [3.63, 3.8) is 0 Å². The Morgan fingerprint density at radius 3 is 1.93 bits per heavy atom. The first-order valence-corrected chi connectivity index (χ1v) is 14.2. The van der Waals surface area contributed by atoms with Crippen LogP contribution >= 0.6 is 11.6 Å². The van der Waals surface area contributed by atoms with Crippen LogP contribution in [0.5, 0.6) is 0 Å². The molecule has 0 saturated heterocycles. The van der Waals surface area contributed by atoms with E-state index in [4.69, 9.17) is 17.3 Å². The summed E-state index contributed by atoms with van der Waals surface area (Å²) in [7, 11) is 0. The third-order valence-electron chi connectivity index (χ3n) is 6.53. The molecule has 0 radical (unpaired) electrons. The van der Waals surface area contributed by atoms with Crippen molar-refractivity contribution in [2.24, 2.45) is 5.73 Å². The molecule has 3 aromatic rings. The molecule has 0 heterocycles. The van der Waals surface area contributed by atoms with Crippen LogP contribution in [0.4, 0.5) is 30.7 Å². The molecule has 0 saturated carbocycles. The van der Waals surface area contributed by atoms with Crippen LogP contribution in [0, 0.1) is 13.8 Å². The molecule has 0 aliphatic heterocycles. The van der Waals surface area contributed by atoms with Gasteiger partial charge in [-0.1, -0.05) is 82.3 Å². The Kier molecular flexibility index (Phi) is 13.3. The summed E-state index contributed by atoms with van der Waals surface area (Å²) in [4.78, 5) is 0. The number of hydrogen-bond donors (Lipinski definition) is 1. The van der Waals surface area contributed by atoms with Gasteiger partial charge in [0.15, 0.2) is 0 Å². The molecule has 9 heteroatoms. The fourth-order valence-corrected chi connectivity index (χ4v) is 4.38. The molecule has 0 aliphatic carbocycles. The summed E-state index contributed by atoms with van der Waals surface area (Å²) < 4.78 is 101. The summed E-state index contributed by atoms with van der Waals surface area (Å²) in [6, 6.07) is 7.25. The SMILES string of the molecule is C=C(c1cccc(C(C)(C)F)c1)c1ccc(/C(F)=C/C(c2cc(C)c(C)c(Cl)c2)C(F)(F)F)cc1C(N)(F)F.CC.CC. The van der Waals surface area contributed by atoms with E-state index in [1.165, 1.54) is 44.2 Å². The van der Waals surface area contributed by atoms with Crippen molar-refractivity contribution in [1.29, 1.82) is 0 Å². The van der Waals surface area contributed by atoms with Gasteiger partial charge < -0.3 is 0 Å². The lowest BCUT2D eigenvalue weighted by Crippen LogP contribution is -2.27. The van der Waals surface area contributed by atoms with Crippen molar-refractivity contribution in [2.75, 3.05) is 0 Å². The van der Waals surface area contributed by atoms with Crippen molar-refractivity contribution >= 4 is 23.0 Å². The minimum absolute atomic E-state index is 0.0510. The molecule has 1 atom stereocenters. The van der Waals surface area contributed by atoms with Gasteiger partial charge in [-0.3, -0.25) is 5.73 Å². The van der Waals surface area contributed by atoms with E-state index in [9.17, 15) is 26.3 Å². The molecule has 0 amide bonds. The van der Waals surface area contributed by atoms with Gasteiger partial charge in [-0.2, -0.15) is 22.0 Å². The molecule has 0 aliphatic rings. The Hall–Kier alpha value is -3.10. The maximum absolute atomic E-state index is 15.3. The van der Waals surface area contributed by atoms with Crippen LogP contribution in [0.15, 0.2) is 67.3 Å². The van der Waals surface area contributed by atoms with E-state index in [-0.39, 0.29) is 27.3 Å². The molecular weight excluding hydrogens is 591 g/mol. The van der Waals surface area contributed by atoms with Crippen LogP contribution in [0.2, 0.25) is 5.02 Å². The van der Waals surface area contributed by atoms with Gasteiger partial charge in [0.1, 0.15) is 17.4 Å². The topological polar surface area (TPSA) is 26.0 Å². The van der Waals surface area contributed by atoms with E-state index in [1.54, 1.807) is 13.8 Å². The second kappa shape index (κ2) is 15.1. The first kappa shape index (κ1) is 37.9. The number of aryl methyl sites for hydroxylation is 1. The molecule has 2 N–H and O–H groups in total. The molecule has 236 valence electrons. The van der Waals surface area contributed by atoms with Gasteiger partial charge in [-0.25, -0.2) is 8.78 Å².